The molecular weight excluding hydrogens is 329 g/mol. The van der Waals surface area contributed by atoms with Gasteiger partial charge in [0.25, 0.3) is 0 Å². The normalized spacial score (nSPS) is 10.2. The van der Waals surface area contributed by atoms with Gasteiger partial charge in [0.15, 0.2) is 0 Å². The van der Waals surface area contributed by atoms with E-state index >= 15 is 0 Å². The minimum Gasteiger partial charge on any atom is -0.488 e. The summed E-state index contributed by atoms with van der Waals surface area (Å²) in [6.45, 7) is 0.366. The second kappa shape index (κ2) is 6.12. The molecule has 2 N–H and O–H groups in total. The first-order valence-corrected chi connectivity index (χ1v) is 6.73. The van der Waals surface area contributed by atoms with Gasteiger partial charge in [-0.15, -0.1) is 0 Å². The minimum absolute atomic E-state index is 0.259. The van der Waals surface area contributed by atoms with Crippen LogP contribution in [-0.2, 0) is 6.61 Å². The molecule has 0 amide bonds. The number of hydrogen-bond donors (Lipinski definition) is 1. The molecule has 2 aromatic rings. The second-order valence-corrected chi connectivity index (χ2v) is 5.22. The van der Waals surface area contributed by atoms with Gasteiger partial charge >= 0.3 is 0 Å². The van der Waals surface area contributed by atoms with E-state index in [0.29, 0.717) is 17.3 Å². The average Bonchev–Trinajstić information content (AvgIpc) is 2.39. The average molecular weight is 340 g/mol. The molecule has 2 rings (SSSR count). The highest BCUT2D eigenvalue weighted by atomic mass is 79.9. The zero-order valence-electron chi connectivity index (χ0n) is 9.90. The van der Waals surface area contributed by atoms with Gasteiger partial charge < -0.3 is 10.5 Å². The zero-order chi connectivity index (χ0) is 13.8. The fourth-order valence-electron chi connectivity index (χ4n) is 1.51. The molecule has 0 unspecified atom stereocenters. The predicted molar refractivity (Wildman–Crippen MR) is 80.8 cm³/mol. The highest BCUT2D eigenvalue weighted by Gasteiger charge is 2.05. The van der Waals surface area contributed by atoms with Gasteiger partial charge in [-0.05, 0) is 51.8 Å². The van der Waals surface area contributed by atoms with Gasteiger partial charge in [0.1, 0.15) is 23.2 Å². The standard InChI is InChI=1S/C14H11BrFNOS/c15-12-7-10(14(17)19)3-6-13(12)18-8-9-1-4-11(16)5-2-9/h1-7H,8H2,(H2,17,19). The maximum absolute atomic E-state index is 12.8. The van der Waals surface area contributed by atoms with Gasteiger partial charge in [-0.2, -0.15) is 0 Å². The molecule has 0 spiro atoms. The molecule has 19 heavy (non-hydrogen) atoms. The summed E-state index contributed by atoms with van der Waals surface area (Å²) in [5.41, 5.74) is 7.22. The zero-order valence-corrected chi connectivity index (χ0v) is 12.3. The number of nitrogens with two attached hydrogens (primary N) is 1. The Kier molecular flexibility index (Phi) is 4.50. The molecule has 98 valence electrons. The van der Waals surface area contributed by atoms with Crippen molar-refractivity contribution in [3.05, 3.63) is 63.9 Å². The molecule has 0 atom stereocenters. The third-order valence-electron chi connectivity index (χ3n) is 2.52. The number of benzene rings is 2. The van der Waals surface area contributed by atoms with Crippen molar-refractivity contribution in [1.82, 2.24) is 0 Å². The van der Waals surface area contributed by atoms with Crippen LogP contribution in [0.4, 0.5) is 4.39 Å². The monoisotopic (exact) mass is 339 g/mol. The van der Waals surface area contributed by atoms with Crippen LogP contribution in [0.3, 0.4) is 0 Å². The molecule has 0 radical (unpaired) electrons. The molecule has 0 heterocycles. The summed E-state index contributed by atoms with van der Waals surface area (Å²) in [5.74, 6) is 0.426. The number of rotatable bonds is 4. The third-order valence-corrected chi connectivity index (χ3v) is 3.38. The van der Waals surface area contributed by atoms with E-state index in [1.807, 2.05) is 6.07 Å². The highest BCUT2D eigenvalue weighted by Crippen LogP contribution is 2.26. The number of halogens is 2. The van der Waals surface area contributed by atoms with E-state index in [2.05, 4.69) is 15.9 Å². The van der Waals surface area contributed by atoms with Gasteiger partial charge in [0, 0.05) is 5.56 Å². The van der Waals surface area contributed by atoms with Gasteiger partial charge in [-0.25, -0.2) is 4.39 Å². The van der Waals surface area contributed by atoms with Crippen LogP contribution < -0.4 is 10.5 Å². The van der Waals surface area contributed by atoms with Crippen LogP contribution >= 0.6 is 28.1 Å². The van der Waals surface area contributed by atoms with Crippen molar-refractivity contribution in [1.29, 1.82) is 0 Å². The Balaban J connectivity index is 2.07. The molecular formula is C14H11BrFNOS. The summed E-state index contributed by atoms with van der Waals surface area (Å²) >= 11 is 8.30. The first kappa shape index (κ1) is 14.0. The molecule has 0 aliphatic carbocycles. The Bertz CT molecular complexity index is 601. The summed E-state index contributed by atoms with van der Waals surface area (Å²) in [6, 6.07) is 11.6. The summed E-state index contributed by atoms with van der Waals surface area (Å²) in [5, 5.41) is 0. The Hall–Kier alpha value is -1.46. The summed E-state index contributed by atoms with van der Waals surface area (Å²) < 4.78 is 19.2. The predicted octanol–water partition coefficient (Wildman–Crippen LogP) is 3.80. The molecule has 0 aliphatic heterocycles. The lowest BCUT2D eigenvalue weighted by molar-refractivity contribution is 0.304. The highest BCUT2D eigenvalue weighted by molar-refractivity contribution is 9.10. The molecule has 0 saturated heterocycles. The quantitative estimate of drug-likeness (QED) is 0.860. The van der Waals surface area contributed by atoms with E-state index in [4.69, 9.17) is 22.7 Å². The fourth-order valence-corrected chi connectivity index (χ4v) is 2.13. The van der Waals surface area contributed by atoms with Gasteiger partial charge in [-0.1, -0.05) is 24.4 Å². The summed E-state index contributed by atoms with van der Waals surface area (Å²) in [7, 11) is 0. The lowest BCUT2D eigenvalue weighted by atomic mass is 10.2. The van der Waals surface area contributed by atoms with Crippen LogP contribution in [0.2, 0.25) is 0 Å². The van der Waals surface area contributed by atoms with E-state index in [9.17, 15) is 4.39 Å². The summed E-state index contributed by atoms with van der Waals surface area (Å²) in [4.78, 5) is 0.339. The van der Waals surface area contributed by atoms with Crippen molar-refractivity contribution in [3.8, 4) is 5.75 Å². The van der Waals surface area contributed by atoms with Crippen LogP contribution in [0, 0.1) is 5.82 Å². The van der Waals surface area contributed by atoms with E-state index in [1.165, 1.54) is 12.1 Å². The van der Waals surface area contributed by atoms with Crippen LogP contribution in [-0.4, -0.2) is 4.99 Å². The van der Waals surface area contributed by atoms with Gasteiger partial charge in [-0.3, -0.25) is 0 Å². The topological polar surface area (TPSA) is 35.2 Å². The van der Waals surface area contributed by atoms with Crippen LogP contribution in [0.5, 0.6) is 5.75 Å². The van der Waals surface area contributed by atoms with Crippen molar-refractivity contribution in [2.75, 3.05) is 0 Å². The Morgan fingerprint density at radius 1 is 1.21 bits per heavy atom. The summed E-state index contributed by atoms with van der Waals surface area (Å²) in [6.07, 6.45) is 0. The molecule has 0 fully saturated rings. The number of hydrogen-bond acceptors (Lipinski definition) is 2. The third kappa shape index (κ3) is 3.75. The van der Waals surface area contributed by atoms with Gasteiger partial charge in [0.05, 0.1) is 4.47 Å². The van der Waals surface area contributed by atoms with E-state index in [1.54, 1.807) is 24.3 Å². The Morgan fingerprint density at radius 2 is 1.89 bits per heavy atom. The van der Waals surface area contributed by atoms with Crippen LogP contribution in [0.25, 0.3) is 0 Å². The van der Waals surface area contributed by atoms with Crippen LogP contribution in [0.1, 0.15) is 11.1 Å². The first-order valence-electron chi connectivity index (χ1n) is 5.53. The number of thiocarbonyl (C=S) groups is 1. The molecule has 0 aromatic heterocycles. The number of ether oxygens (including phenoxy) is 1. The Morgan fingerprint density at radius 3 is 2.47 bits per heavy atom. The maximum Gasteiger partial charge on any atom is 0.134 e. The van der Waals surface area contributed by atoms with Crippen molar-refractivity contribution in [2.24, 2.45) is 5.73 Å². The van der Waals surface area contributed by atoms with E-state index < -0.39 is 0 Å². The molecule has 2 aromatic carbocycles. The maximum atomic E-state index is 12.8. The first-order chi connectivity index (χ1) is 9.06. The largest absolute Gasteiger partial charge is 0.488 e. The smallest absolute Gasteiger partial charge is 0.134 e. The van der Waals surface area contributed by atoms with Crippen molar-refractivity contribution in [2.45, 2.75) is 6.61 Å². The van der Waals surface area contributed by atoms with Gasteiger partial charge in [0.2, 0.25) is 0 Å². The second-order valence-electron chi connectivity index (χ2n) is 3.92. The minimum atomic E-state index is -0.259. The lowest BCUT2D eigenvalue weighted by Crippen LogP contribution is -2.09. The molecule has 0 saturated carbocycles. The van der Waals surface area contributed by atoms with Crippen molar-refractivity contribution >= 4 is 33.1 Å². The van der Waals surface area contributed by atoms with Crippen molar-refractivity contribution < 1.29 is 9.13 Å². The van der Waals surface area contributed by atoms with E-state index in [0.717, 1.165) is 15.6 Å². The molecule has 2 nitrogen and oxygen atoms in total. The Labute approximate surface area is 124 Å². The molecule has 0 bridgehead atoms. The molecule has 5 heteroatoms. The van der Waals surface area contributed by atoms with Crippen LogP contribution in [0.15, 0.2) is 46.9 Å². The lowest BCUT2D eigenvalue weighted by Gasteiger charge is -2.09. The van der Waals surface area contributed by atoms with Crippen molar-refractivity contribution in [3.63, 3.8) is 0 Å². The molecule has 0 aliphatic rings. The fraction of sp³-hybridized carbons (Fsp3) is 0.0714. The van der Waals surface area contributed by atoms with E-state index in [-0.39, 0.29) is 5.82 Å². The SMILES string of the molecule is NC(=S)c1ccc(OCc2ccc(F)cc2)c(Br)c1.